The van der Waals surface area contributed by atoms with Gasteiger partial charge in [-0.25, -0.2) is 17.9 Å². The Bertz CT molecular complexity index is 876. The van der Waals surface area contributed by atoms with Gasteiger partial charge < -0.3 is 14.5 Å². The summed E-state index contributed by atoms with van der Waals surface area (Å²) in [6.45, 7) is 11.9. The van der Waals surface area contributed by atoms with Crippen molar-refractivity contribution in [2.24, 2.45) is 0 Å². The van der Waals surface area contributed by atoms with E-state index in [0.29, 0.717) is 19.6 Å². The summed E-state index contributed by atoms with van der Waals surface area (Å²) in [5.74, 6) is -0.276. The number of piperazine rings is 1. The monoisotopic (exact) mass is 423 g/mol. The van der Waals surface area contributed by atoms with E-state index < -0.39 is 21.7 Å². The number of nitrogens with one attached hydrogen (secondary N) is 1. The molecule has 1 fully saturated rings. The number of carbonyl (C=O) groups is 2. The highest BCUT2D eigenvalue weighted by Gasteiger charge is 2.33. The highest BCUT2D eigenvalue weighted by atomic mass is 32.2. The van der Waals surface area contributed by atoms with Crippen molar-refractivity contribution in [2.75, 3.05) is 26.2 Å². The van der Waals surface area contributed by atoms with Gasteiger partial charge >= 0.3 is 6.09 Å². The molecule has 1 aromatic rings. The second-order valence-corrected chi connectivity index (χ2v) is 9.71. The van der Waals surface area contributed by atoms with E-state index in [4.69, 9.17) is 4.74 Å². The van der Waals surface area contributed by atoms with Gasteiger partial charge in [-0.2, -0.15) is 0 Å². The second-order valence-electron chi connectivity index (χ2n) is 7.94. The average molecular weight is 424 g/mol. The van der Waals surface area contributed by atoms with Crippen LogP contribution in [0.15, 0.2) is 41.8 Å². The minimum absolute atomic E-state index is 0.0191. The molecule has 9 heteroatoms. The Morgan fingerprint density at radius 2 is 2.00 bits per heavy atom. The van der Waals surface area contributed by atoms with Crippen LogP contribution in [-0.2, 0) is 14.8 Å². The number of ether oxygens (including phenoxy) is 1. The van der Waals surface area contributed by atoms with Crippen LogP contribution in [0.3, 0.4) is 0 Å². The largest absolute Gasteiger partial charge is 0.444 e. The molecule has 0 bridgehead atoms. The first-order valence-corrected chi connectivity index (χ1v) is 10.9. The van der Waals surface area contributed by atoms with Crippen LogP contribution in [0.2, 0.25) is 0 Å². The number of carbonyl (C=O) groups excluding carboxylic acids is 2. The second kappa shape index (κ2) is 8.96. The predicted octanol–water partition coefficient (Wildman–Crippen LogP) is 2.23. The topological polar surface area (TPSA) is 96.0 Å². The smallest absolute Gasteiger partial charge is 0.410 e. The molecule has 1 heterocycles. The lowest BCUT2D eigenvalue weighted by Gasteiger charge is -2.40. The molecule has 1 unspecified atom stereocenters. The maximum absolute atomic E-state index is 12.9. The fraction of sp³-hybridized carbons (Fsp3) is 0.500. The lowest BCUT2D eigenvalue weighted by molar-refractivity contribution is 0.00198. The van der Waals surface area contributed by atoms with Crippen molar-refractivity contribution in [2.45, 2.75) is 44.2 Å². The molecular formula is C20H29N3O5S. The number of sulfonamides is 1. The summed E-state index contributed by atoms with van der Waals surface area (Å²) in [7, 11) is -3.72. The van der Waals surface area contributed by atoms with Crippen molar-refractivity contribution in [3.8, 4) is 0 Å². The van der Waals surface area contributed by atoms with Gasteiger partial charge in [-0.05, 0) is 45.9 Å². The lowest BCUT2D eigenvalue weighted by atomic mass is 10.1. The van der Waals surface area contributed by atoms with Gasteiger partial charge in [0.05, 0.1) is 4.90 Å². The number of amides is 2. The first-order chi connectivity index (χ1) is 13.4. The molecule has 0 saturated carbocycles. The zero-order valence-electron chi connectivity index (χ0n) is 17.3. The fourth-order valence-corrected chi connectivity index (χ4v) is 4.01. The van der Waals surface area contributed by atoms with Crippen molar-refractivity contribution < 1.29 is 22.7 Å². The average Bonchev–Trinajstić information content (AvgIpc) is 2.64. The summed E-state index contributed by atoms with van der Waals surface area (Å²) in [4.78, 5) is 28.5. The van der Waals surface area contributed by atoms with E-state index in [0.717, 1.165) is 0 Å². The van der Waals surface area contributed by atoms with Crippen molar-refractivity contribution in [1.82, 2.24) is 14.5 Å². The van der Waals surface area contributed by atoms with Gasteiger partial charge in [-0.3, -0.25) is 4.79 Å². The molecule has 2 amide bonds. The van der Waals surface area contributed by atoms with E-state index in [-0.39, 0.29) is 29.0 Å². The van der Waals surface area contributed by atoms with Crippen LogP contribution in [0.1, 0.15) is 38.1 Å². The molecule has 1 atom stereocenters. The zero-order valence-corrected chi connectivity index (χ0v) is 18.2. The summed E-state index contributed by atoms with van der Waals surface area (Å²) in [5.41, 5.74) is -0.306. The van der Waals surface area contributed by atoms with Crippen LogP contribution in [0, 0.1) is 0 Å². The number of nitrogens with zero attached hydrogens (tertiary/aromatic N) is 2. The zero-order chi connectivity index (χ0) is 21.8. The third kappa shape index (κ3) is 6.04. The third-order valence-electron chi connectivity index (χ3n) is 4.35. The lowest BCUT2D eigenvalue weighted by Crippen LogP contribution is -2.56. The van der Waals surface area contributed by atoms with Crippen molar-refractivity contribution in [1.29, 1.82) is 0 Å². The van der Waals surface area contributed by atoms with Gasteiger partial charge in [-0.15, -0.1) is 6.58 Å². The highest BCUT2D eigenvalue weighted by molar-refractivity contribution is 7.89. The first kappa shape index (κ1) is 22.9. The number of hydrogen-bond acceptors (Lipinski definition) is 5. The molecular weight excluding hydrogens is 394 g/mol. The van der Waals surface area contributed by atoms with Gasteiger partial charge in [0.15, 0.2) is 0 Å². The number of rotatable bonds is 5. The van der Waals surface area contributed by atoms with Gasteiger partial charge in [0.2, 0.25) is 10.0 Å². The Balaban J connectivity index is 2.10. The van der Waals surface area contributed by atoms with Gasteiger partial charge in [-0.1, -0.05) is 12.1 Å². The molecule has 0 aromatic heterocycles. The van der Waals surface area contributed by atoms with Crippen molar-refractivity contribution in [3.05, 3.63) is 42.5 Å². The summed E-state index contributed by atoms with van der Waals surface area (Å²) in [5, 5.41) is 0. The molecule has 1 aliphatic heterocycles. The van der Waals surface area contributed by atoms with E-state index in [2.05, 4.69) is 11.3 Å². The Kier molecular flexibility index (Phi) is 7.07. The normalized spacial score (nSPS) is 17.7. The van der Waals surface area contributed by atoms with Crippen LogP contribution in [0.4, 0.5) is 4.79 Å². The SMILES string of the molecule is C=CCNS(=O)(=O)c1cccc(C(=O)N2CCN(C(=O)OC(C)(C)C)C(C)C2)c1. The summed E-state index contributed by atoms with van der Waals surface area (Å²) in [6.07, 6.45) is 1.04. The van der Waals surface area contributed by atoms with E-state index in [1.807, 2.05) is 6.92 Å². The molecule has 160 valence electrons. The minimum atomic E-state index is -3.72. The Hall–Kier alpha value is -2.39. The molecule has 1 aliphatic rings. The van der Waals surface area contributed by atoms with Crippen LogP contribution >= 0.6 is 0 Å². The molecule has 2 rings (SSSR count). The van der Waals surface area contributed by atoms with Crippen molar-refractivity contribution >= 4 is 22.0 Å². The number of hydrogen-bond donors (Lipinski definition) is 1. The maximum Gasteiger partial charge on any atom is 0.410 e. The van der Waals surface area contributed by atoms with Crippen LogP contribution in [0.5, 0.6) is 0 Å². The molecule has 0 aliphatic carbocycles. The van der Waals surface area contributed by atoms with Gasteiger partial charge in [0, 0.05) is 37.8 Å². The molecule has 0 radical (unpaired) electrons. The Labute approximate surface area is 172 Å². The fourth-order valence-electron chi connectivity index (χ4n) is 2.96. The molecule has 1 N–H and O–H groups in total. The standard InChI is InChI=1S/C20H29N3O5S/c1-6-10-21-29(26,27)17-9-7-8-16(13-17)18(24)22-11-12-23(15(2)14-22)19(25)28-20(3,4)5/h6-9,13,15,21H,1,10-12,14H2,2-5H3. The molecule has 8 nitrogen and oxygen atoms in total. The molecule has 1 saturated heterocycles. The molecule has 29 heavy (non-hydrogen) atoms. The minimum Gasteiger partial charge on any atom is -0.444 e. The van der Waals surface area contributed by atoms with Crippen molar-refractivity contribution in [3.63, 3.8) is 0 Å². The summed E-state index contributed by atoms with van der Waals surface area (Å²) >= 11 is 0. The predicted molar refractivity (Wildman–Crippen MR) is 110 cm³/mol. The van der Waals surface area contributed by atoms with E-state index in [1.165, 1.54) is 24.3 Å². The van der Waals surface area contributed by atoms with Crippen LogP contribution in [-0.4, -0.2) is 68.0 Å². The Morgan fingerprint density at radius 3 is 2.59 bits per heavy atom. The molecule has 1 aromatic carbocycles. The third-order valence-corrected chi connectivity index (χ3v) is 5.77. The van der Waals surface area contributed by atoms with E-state index in [1.54, 1.807) is 36.6 Å². The quantitative estimate of drug-likeness (QED) is 0.733. The molecule has 0 spiro atoms. The van der Waals surface area contributed by atoms with Gasteiger partial charge in [0.25, 0.3) is 5.91 Å². The van der Waals surface area contributed by atoms with Gasteiger partial charge in [0.1, 0.15) is 5.60 Å². The van der Waals surface area contributed by atoms with Crippen LogP contribution in [0.25, 0.3) is 0 Å². The summed E-state index contributed by atoms with van der Waals surface area (Å²) in [6, 6.07) is 5.70. The first-order valence-electron chi connectivity index (χ1n) is 9.44. The maximum atomic E-state index is 12.9. The summed E-state index contributed by atoms with van der Waals surface area (Å²) < 4.78 is 32.4. The van der Waals surface area contributed by atoms with E-state index >= 15 is 0 Å². The Morgan fingerprint density at radius 1 is 1.31 bits per heavy atom. The number of benzene rings is 1. The highest BCUT2D eigenvalue weighted by Crippen LogP contribution is 2.19. The van der Waals surface area contributed by atoms with Crippen LogP contribution < -0.4 is 4.72 Å². The van der Waals surface area contributed by atoms with E-state index in [9.17, 15) is 18.0 Å².